The monoisotopic (exact) mass is 269 g/mol. The summed E-state index contributed by atoms with van der Waals surface area (Å²) in [6, 6.07) is 16.4. The molecule has 0 saturated heterocycles. The van der Waals surface area contributed by atoms with Crippen LogP contribution in [0.4, 0.5) is 5.69 Å². The number of carbonyl (C=O) groups is 1. The van der Waals surface area contributed by atoms with Crippen LogP contribution < -0.4 is 4.90 Å². The number of benzene rings is 2. The van der Waals surface area contributed by atoms with Crippen molar-refractivity contribution < 1.29 is 9.90 Å². The third kappa shape index (κ3) is 2.67. The van der Waals surface area contributed by atoms with E-state index in [2.05, 4.69) is 0 Å². The number of carbonyl (C=O) groups excluding carboxylic acids is 1. The lowest BCUT2D eigenvalue weighted by atomic mass is 9.83. The van der Waals surface area contributed by atoms with E-state index in [1.807, 2.05) is 44.2 Å². The minimum absolute atomic E-state index is 0.0192. The molecule has 2 aromatic rings. The van der Waals surface area contributed by atoms with E-state index in [1.54, 1.807) is 36.2 Å². The van der Waals surface area contributed by atoms with Gasteiger partial charge in [-0.3, -0.25) is 4.79 Å². The number of hydrogen-bond donors (Lipinski definition) is 1. The molecule has 0 heterocycles. The molecule has 0 saturated carbocycles. The van der Waals surface area contributed by atoms with Crippen molar-refractivity contribution in [2.24, 2.45) is 0 Å². The maximum atomic E-state index is 12.7. The smallest absolute Gasteiger partial charge is 0.236 e. The van der Waals surface area contributed by atoms with Gasteiger partial charge >= 0.3 is 0 Å². The molecule has 0 aliphatic carbocycles. The average Bonchev–Trinajstić information content (AvgIpc) is 2.46. The number of nitrogens with zero attached hydrogens (tertiary/aromatic N) is 1. The van der Waals surface area contributed by atoms with Crippen LogP contribution in [0.5, 0.6) is 5.75 Å². The van der Waals surface area contributed by atoms with E-state index in [0.29, 0.717) is 5.69 Å². The molecule has 3 heteroatoms. The summed E-state index contributed by atoms with van der Waals surface area (Å²) in [6.07, 6.45) is 0. The number of hydrogen-bond acceptors (Lipinski definition) is 2. The Bertz CT molecular complexity index is 605. The van der Waals surface area contributed by atoms with E-state index in [9.17, 15) is 9.90 Å². The molecule has 0 radical (unpaired) electrons. The topological polar surface area (TPSA) is 40.5 Å². The Labute approximate surface area is 119 Å². The second-order valence-electron chi connectivity index (χ2n) is 5.38. The van der Waals surface area contributed by atoms with Gasteiger partial charge in [-0.25, -0.2) is 0 Å². The van der Waals surface area contributed by atoms with Crippen molar-refractivity contribution in [2.75, 3.05) is 11.9 Å². The molecule has 20 heavy (non-hydrogen) atoms. The van der Waals surface area contributed by atoms with Gasteiger partial charge in [-0.15, -0.1) is 0 Å². The fourth-order valence-corrected chi connectivity index (χ4v) is 2.22. The second-order valence-corrected chi connectivity index (χ2v) is 5.38. The van der Waals surface area contributed by atoms with Crippen LogP contribution in [0, 0.1) is 0 Å². The molecule has 0 aromatic heterocycles. The van der Waals surface area contributed by atoms with Crippen LogP contribution in [-0.4, -0.2) is 18.1 Å². The molecule has 3 nitrogen and oxygen atoms in total. The number of aromatic hydroxyl groups is 1. The number of amides is 1. The highest BCUT2D eigenvalue weighted by Crippen LogP contribution is 2.28. The normalized spacial score (nSPS) is 11.2. The maximum Gasteiger partial charge on any atom is 0.236 e. The average molecular weight is 269 g/mol. The summed E-state index contributed by atoms with van der Waals surface area (Å²) in [5.74, 6) is 0.133. The van der Waals surface area contributed by atoms with Gasteiger partial charge in [0.15, 0.2) is 0 Å². The van der Waals surface area contributed by atoms with Gasteiger partial charge in [-0.05, 0) is 31.5 Å². The summed E-state index contributed by atoms with van der Waals surface area (Å²) in [6.45, 7) is 3.81. The number of phenolic OH excluding ortho intramolecular Hbond substituents is 1. The first kappa shape index (κ1) is 14.1. The van der Waals surface area contributed by atoms with Gasteiger partial charge in [-0.1, -0.05) is 36.4 Å². The fraction of sp³-hybridized carbons (Fsp3) is 0.235. The Balaban J connectivity index is 2.31. The van der Waals surface area contributed by atoms with Crippen LogP contribution in [-0.2, 0) is 10.2 Å². The SMILES string of the molecule is CN(C(=O)C(C)(C)c1ccccc1)c1cccc(O)c1. The van der Waals surface area contributed by atoms with Gasteiger partial charge in [0, 0.05) is 18.8 Å². The zero-order chi connectivity index (χ0) is 14.8. The summed E-state index contributed by atoms with van der Waals surface area (Å²) in [4.78, 5) is 14.3. The minimum atomic E-state index is -0.624. The zero-order valence-electron chi connectivity index (χ0n) is 12.0. The number of anilines is 1. The predicted molar refractivity (Wildman–Crippen MR) is 81.0 cm³/mol. The quantitative estimate of drug-likeness (QED) is 0.928. The van der Waals surface area contributed by atoms with Crippen molar-refractivity contribution in [1.82, 2.24) is 0 Å². The second kappa shape index (κ2) is 5.37. The lowest BCUT2D eigenvalue weighted by Gasteiger charge is -2.30. The minimum Gasteiger partial charge on any atom is -0.508 e. The summed E-state index contributed by atoms with van der Waals surface area (Å²) < 4.78 is 0. The standard InChI is InChI=1S/C17H19NO2/c1-17(2,13-8-5-4-6-9-13)16(20)18(3)14-10-7-11-15(19)12-14/h4-12,19H,1-3H3. The molecule has 0 aliphatic heterocycles. The highest BCUT2D eigenvalue weighted by molar-refractivity contribution is 6.00. The van der Waals surface area contributed by atoms with E-state index in [0.717, 1.165) is 5.56 Å². The maximum absolute atomic E-state index is 12.7. The lowest BCUT2D eigenvalue weighted by molar-refractivity contribution is -0.122. The van der Waals surface area contributed by atoms with E-state index in [1.165, 1.54) is 0 Å². The first-order valence-corrected chi connectivity index (χ1v) is 6.55. The summed E-state index contributed by atoms with van der Waals surface area (Å²) in [5, 5.41) is 9.53. The largest absolute Gasteiger partial charge is 0.508 e. The summed E-state index contributed by atoms with van der Waals surface area (Å²) in [7, 11) is 1.72. The van der Waals surface area contributed by atoms with Gasteiger partial charge in [0.1, 0.15) is 5.75 Å². The molecule has 0 bridgehead atoms. The highest BCUT2D eigenvalue weighted by Gasteiger charge is 2.32. The molecule has 0 atom stereocenters. The van der Waals surface area contributed by atoms with E-state index in [4.69, 9.17) is 0 Å². The molecule has 1 N–H and O–H groups in total. The molecule has 0 aliphatic rings. The Kier molecular flexibility index (Phi) is 3.79. The van der Waals surface area contributed by atoms with Gasteiger partial charge in [0.05, 0.1) is 5.41 Å². The Morgan fingerprint density at radius 2 is 1.70 bits per heavy atom. The van der Waals surface area contributed by atoms with Gasteiger partial charge in [0.2, 0.25) is 5.91 Å². The van der Waals surface area contributed by atoms with Crippen LogP contribution in [0.15, 0.2) is 54.6 Å². The molecule has 0 unspecified atom stereocenters. The van der Waals surface area contributed by atoms with Crippen LogP contribution in [0.2, 0.25) is 0 Å². The Hall–Kier alpha value is -2.29. The third-order valence-corrected chi connectivity index (χ3v) is 3.55. The molecule has 1 amide bonds. The lowest BCUT2D eigenvalue weighted by Crippen LogP contribution is -2.41. The van der Waals surface area contributed by atoms with Crippen molar-refractivity contribution in [1.29, 1.82) is 0 Å². The summed E-state index contributed by atoms with van der Waals surface area (Å²) >= 11 is 0. The molecule has 2 rings (SSSR count). The van der Waals surface area contributed by atoms with Crippen LogP contribution in [0.25, 0.3) is 0 Å². The fourth-order valence-electron chi connectivity index (χ4n) is 2.22. The van der Waals surface area contributed by atoms with Crippen LogP contribution in [0.1, 0.15) is 19.4 Å². The Morgan fingerprint density at radius 1 is 1.05 bits per heavy atom. The third-order valence-electron chi connectivity index (χ3n) is 3.55. The molecule has 0 fully saturated rings. The van der Waals surface area contributed by atoms with Crippen molar-refractivity contribution in [3.8, 4) is 5.75 Å². The summed E-state index contributed by atoms with van der Waals surface area (Å²) in [5.41, 5.74) is 1.03. The molecular weight excluding hydrogens is 250 g/mol. The van der Waals surface area contributed by atoms with E-state index in [-0.39, 0.29) is 11.7 Å². The first-order chi connectivity index (χ1) is 9.43. The number of rotatable bonds is 3. The van der Waals surface area contributed by atoms with Crippen molar-refractivity contribution in [3.05, 3.63) is 60.2 Å². The van der Waals surface area contributed by atoms with E-state index < -0.39 is 5.41 Å². The van der Waals surface area contributed by atoms with Gasteiger partial charge in [-0.2, -0.15) is 0 Å². The van der Waals surface area contributed by atoms with Crippen LogP contribution >= 0.6 is 0 Å². The van der Waals surface area contributed by atoms with Crippen molar-refractivity contribution >= 4 is 11.6 Å². The van der Waals surface area contributed by atoms with Crippen LogP contribution in [0.3, 0.4) is 0 Å². The first-order valence-electron chi connectivity index (χ1n) is 6.55. The van der Waals surface area contributed by atoms with Crippen molar-refractivity contribution in [3.63, 3.8) is 0 Å². The van der Waals surface area contributed by atoms with Gasteiger partial charge in [0.25, 0.3) is 0 Å². The Morgan fingerprint density at radius 3 is 2.30 bits per heavy atom. The van der Waals surface area contributed by atoms with Gasteiger partial charge < -0.3 is 10.0 Å². The molecule has 2 aromatic carbocycles. The highest BCUT2D eigenvalue weighted by atomic mass is 16.3. The molecule has 104 valence electrons. The molecular formula is C17H19NO2. The number of phenols is 1. The zero-order valence-corrected chi connectivity index (χ0v) is 12.0. The van der Waals surface area contributed by atoms with E-state index >= 15 is 0 Å². The predicted octanol–water partition coefficient (Wildman–Crippen LogP) is 3.33. The van der Waals surface area contributed by atoms with Crippen molar-refractivity contribution in [2.45, 2.75) is 19.3 Å². The molecule has 0 spiro atoms. The number of likely N-dealkylation sites (N-methyl/N-ethyl adjacent to an activating group) is 1.